The van der Waals surface area contributed by atoms with Crippen LogP contribution in [0.4, 0.5) is 5.95 Å². The molecule has 0 radical (unpaired) electrons. The minimum absolute atomic E-state index is 0.441. The van der Waals surface area contributed by atoms with Crippen molar-refractivity contribution in [2.75, 3.05) is 11.9 Å². The van der Waals surface area contributed by atoms with Crippen LogP contribution in [0.15, 0.2) is 42.7 Å². The Hall–Kier alpha value is -1.90. The SMILES string of the molecule is c1cnc(NCC2CC23CCCc2ccccc23)nc1. The smallest absolute Gasteiger partial charge is 0.222 e. The van der Waals surface area contributed by atoms with Gasteiger partial charge in [-0.25, -0.2) is 9.97 Å². The Morgan fingerprint density at radius 3 is 2.90 bits per heavy atom. The van der Waals surface area contributed by atoms with Gasteiger partial charge in [0.1, 0.15) is 0 Å². The second-order valence-corrected chi connectivity index (χ2v) is 6.02. The van der Waals surface area contributed by atoms with Crippen LogP contribution in [0.5, 0.6) is 0 Å². The first-order valence-corrected chi connectivity index (χ1v) is 7.48. The first-order chi connectivity index (χ1) is 9.88. The molecule has 3 heteroatoms. The topological polar surface area (TPSA) is 37.8 Å². The molecule has 0 aliphatic heterocycles. The van der Waals surface area contributed by atoms with Gasteiger partial charge >= 0.3 is 0 Å². The number of hydrogen-bond donors (Lipinski definition) is 1. The standard InChI is InChI=1S/C17H19N3/c1-2-7-15-13(5-1)6-3-8-17(15)11-14(17)12-20-16-18-9-4-10-19-16/h1-2,4-5,7,9-10,14H,3,6,8,11-12H2,(H,18,19,20). The average molecular weight is 265 g/mol. The third-order valence-corrected chi connectivity index (χ3v) is 4.93. The van der Waals surface area contributed by atoms with Crippen molar-refractivity contribution in [2.45, 2.75) is 31.1 Å². The van der Waals surface area contributed by atoms with Crippen molar-refractivity contribution < 1.29 is 0 Å². The summed E-state index contributed by atoms with van der Waals surface area (Å²) in [6.45, 7) is 0.984. The first-order valence-electron chi connectivity index (χ1n) is 7.48. The largest absolute Gasteiger partial charge is 0.354 e. The van der Waals surface area contributed by atoms with E-state index in [-0.39, 0.29) is 0 Å². The molecular weight excluding hydrogens is 246 g/mol. The highest BCUT2D eigenvalue weighted by Crippen LogP contribution is 2.60. The molecule has 3 nitrogen and oxygen atoms in total. The summed E-state index contributed by atoms with van der Waals surface area (Å²) in [6.07, 6.45) is 8.80. The summed E-state index contributed by atoms with van der Waals surface area (Å²) in [5, 5.41) is 3.39. The molecular formula is C17H19N3. The molecule has 2 aromatic rings. The second kappa shape index (κ2) is 4.58. The molecule has 20 heavy (non-hydrogen) atoms. The Kier molecular flexibility index (Phi) is 2.72. The van der Waals surface area contributed by atoms with E-state index in [4.69, 9.17) is 0 Å². The number of anilines is 1. The molecule has 1 aromatic carbocycles. The Labute approximate surface area is 119 Å². The van der Waals surface area contributed by atoms with E-state index in [1.807, 2.05) is 6.07 Å². The summed E-state index contributed by atoms with van der Waals surface area (Å²) in [7, 11) is 0. The van der Waals surface area contributed by atoms with E-state index in [0.29, 0.717) is 5.41 Å². The molecule has 0 saturated heterocycles. The van der Waals surface area contributed by atoms with Gasteiger partial charge in [-0.05, 0) is 48.8 Å². The molecule has 2 unspecified atom stereocenters. The monoisotopic (exact) mass is 265 g/mol. The van der Waals surface area contributed by atoms with Gasteiger partial charge in [0.2, 0.25) is 5.95 Å². The molecule has 0 bridgehead atoms. The second-order valence-electron chi connectivity index (χ2n) is 6.02. The van der Waals surface area contributed by atoms with E-state index in [0.717, 1.165) is 18.4 Å². The number of hydrogen-bond acceptors (Lipinski definition) is 3. The van der Waals surface area contributed by atoms with E-state index in [1.54, 1.807) is 23.5 Å². The van der Waals surface area contributed by atoms with Crippen LogP contribution in [0.3, 0.4) is 0 Å². The lowest BCUT2D eigenvalue weighted by molar-refractivity contribution is 0.503. The van der Waals surface area contributed by atoms with Gasteiger partial charge in [0.05, 0.1) is 0 Å². The molecule has 1 N–H and O–H groups in total. The predicted molar refractivity (Wildman–Crippen MR) is 79.7 cm³/mol. The fourth-order valence-corrected chi connectivity index (χ4v) is 3.84. The van der Waals surface area contributed by atoms with Gasteiger partial charge in [0.25, 0.3) is 0 Å². The number of aromatic nitrogens is 2. The molecule has 1 fully saturated rings. The van der Waals surface area contributed by atoms with Crippen molar-refractivity contribution in [3.63, 3.8) is 0 Å². The van der Waals surface area contributed by atoms with Crippen molar-refractivity contribution in [3.8, 4) is 0 Å². The van der Waals surface area contributed by atoms with Gasteiger partial charge in [-0.15, -0.1) is 0 Å². The van der Waals surface area contributed by atoms with Gasteiger partial charge < -0.3 is 5.32 Å². The Bertz CT molecular complexity index is 611. The van der Waals surface area contributed by atoms with Crippen LogP contribution in [0.2, 0.25) is 0 Å². The van der Waals surface area contributed by atoms with Crippen LogP contribution >= 0.6 is 0 Å². The highest BCUT2D eigenvalue weighted by Gasteiger charge is 2.55. The molecule has 0 amide bonds. The number of fused-ring (bicyclic) bond motifs is 2. The Morgan fingerprint density at radius 1 is 1.15 bits per heavy atom. The van der Waals surface area contributed by atoms with Crippen LogP contribution in [0, 0.1) is 5.92 Å². The van der Waals surface area contributed by atoms with Crippen LogP contribution in [0.1, 0.15) is 30.4 Å². The number of nitrogens with one attached hydrogen (secondary N) is 1. The van der Waals surface area contributed by atoms with Crippen LogP contribution < -0.4 is 5.32 Å². The summed E-state index contributed by atoms with van der Waals surface area (Å²) < 4.78 is 0. The van der Waals surface area contributed by atoms with E-state index in [1.165, 1.54) is 25.7 Å². The Balaban J connectivity index is 1.50. The predicted octanol–water partition coefficient (Wildman–Crippen LogP) is 3.18. The molecule has 2 aliphatic rings. The zero-order valence-corrected chi connectivity index (χ0v) is 11.5. The van der Waals surface area contributed by atoms with Crippen molar-refractivity contribution in [3.05, 3.63) is 53.9 Å². The van der Waals surface area contributed by atoms with Crippen molar-refractivity contribution in [1.29, 1.82) is 0 Å². The third kappa shape index (κ3) is 1.89. The highest BCUT2D eigenvalue weighted by atomic mass is 15.1. The van der Waals surface area contributed by atoms with Crippen molar-refractivity contribution >= 4 is 5.95 Å². The highest BCUT2D eigenvalue weighted by molar-refractivity contribution is 5.43. The summed E-state index contributed by atoms with van der Waals surface area (Å²) >= 11 is 0. The molecule has 2 aliphatic carbocycles. The summed E-state index contributed by atoms with van der Waals surface area (Å²) in [6, 6.07) is 10.9. The van der Waals surface area contributed by atoms with Crippen LogP contribution in [-0.2, 0) is 11.8 Å². The van der Waals surface area contributed by atoms with E-state index >= 15 is 0 Å². The molecule has 2 atom stereocenters. The number of benzene rings is 1. The zero-order valence-electron chi connectivity index (χ0n) is 11.5. The first kappa shape index (κ1) is 11.9. The minimum atomic E-state index is 0.441. The minimum Gasteiger partial charge on any atom is -0.354 e. The fourth-order valence-electron chi connectivity index (χ4n) is 3.84. The molecule has 4 rings (SSSR count). The van der Waals surface area contributed by atoms with Crippen LogP contribution in [0.25, 0.3) is 0 Å². The molecule has 1 aromatic heterocycles. The Morgan fingerprint density at radius 2 is 2.00 bits per heavy atom. The van der Waals surface area contributed by atoms with Crippen LogP contribution in [-0.4, -0.2) is 16.5 Å². The molecule has 1 saturated carbocycles. The quantitative estimate of drug-likeness (QED) is 0.926. The van der Waals surface area contributed by atoms with Gasteiger partial charge in [-0.1, -0.05) is 24.3 Å². The lowest BCUT2D eigenvalue weighted by Crippen LogP contribution is -2.21. The van der Waals surface area contributed by atoms with E-state index in [2.05, 4.69) is 39.6 Å². The summed E-state index contributed by atoms with van der Waals surface area (Å²) in [5.41, 5.74) is 3.61. The normalized spacial score (nSPS) is 27.1. The molecule has 1 heterocycles. The van der Waals surface area contributed by atoms with Crippen molar-refractivity contribution in [1.82, 2.24) is 9.97 Å². The number of rotatable bonds is 3. The van der Waals surface area contributed by atoms with Gasteiger partial charge in [-0.2, -0.15) is 0 Å². The summed E-state index contributed by atoms with van der Waals surface area (Å²) in [5.74, 6) is 1.48. The lowest BCUT2D eigenvalue weighted by atomic mass is 9.78. The molecule has 102 valence electrons. The van der Waals surface area contributed by atoms with Gasteiger partial charge in [-0.3, -0.25) is 0 Å². The maximum atomic E-state index is 4.23. The third-order valence-electron chi connectivity index (χ3n) is 4.93. The lowest BCUT2D eigenvalue weighted by Gasteiger charge is -2.26. The average Bonchev–Trinajstić information content (AvgIpc) is 3.20. The van der Waals surface area contributed by atoms with Crippen molar-refractivity contribution in [2.24, 2.45) is 5.92 Å². The summed E-state index contributed by atoms with van der Waals surface area (Å²) in [4.78, 5) is 8.47. The van der Waals surface area contributed by atoms with E-state index in [9.17, 15) is 0 Å². The maximum Gasteiger partial charge on any atom is 0.222 e. The number of nitrogens with zero attached hydrogens (tertiary/aromatic N) is 2. The van der Waals surface area contributed by atoms with E-state index < -0.39 is 0 Å². The van der Waals surface area contributed by atoms with Gasteiger partial charge in [0, 0.05) is 24.4 Å². The number of aryl methyl sites for hydroxylation is 1. The van der Waals surface area contributed by atoms with Gasteiger partial charge in [0.15, 0.2) is 0 Å². The maximum absolute atomic E-state index is 4.23. The zero-order chi connectivity index (χ0) is 13.4. The fraction of sp³-hybridized carbons (Fsp3) is 0.412. The molecule has 1 spiro atoms.